The van der Waals surface area contributed by atoms with Crippen molar-refractivity contribution >= 4 is 17.7 Å². The van der Waals surface area contributed by atoms with Gasteiger partial charge in [-0.2, -0.15) is 0 Å². The minimum absolute atomic E-state index is 0.0253. The van der Waals surface area contributed by atoms with Crippen molar-refractivity contribution in [3.8, 4) is 0 Å². The predicted molar refractivity (Wildman–Crippen MR) is 131 cm³/mol. The molecule has 1 N–H and O–H groups in total. The van der Waals surface area contributed by atoms with Crippen LogP contribution in [0.2, 0.25) is 0 Å². The number of carbonyl (C=O) groups excluding carboxylic acids is 1. The lowest BCUT2D eigenvalue weighted by molar-refractivity contribution is -0.122. The zero-order chi connectivity index (χ0) is 22.4. The number of nitrogens with one attached hydrogen (secondary N) is 1. The second kappa shape index (κ2) is 10.4. The topological polar surface area (TPSA) is 54.4 Å². The maximum absolute atomic E-state index is 12.7. The molecular formula is C27H39N3O. The summed E-state index contributed by atoms with van der Waals surface area (Å²) in [5.41, 5.74) is 6.30. The van der Waals surface area contributed by atoms with E-state index in [0.717, 1.165) is 50.8 Å². The zero-order valence-electron chi connectivity index (χ0n) is 20.0. The first kappa shape index (κ1) is 23.4. The minimum Gasteiger partial charge on any atom is -0.353 e. The van der Waals surface area contributed by atoms with Gasteiger partial charge in [-0.25, -0.2) is 0 Å². The van der Waals surface area contributed by atoms with Crippen molar-refractivity contribution in [2.45, 2.75) is 91.5 Å². The number of pyridine rings is 1. The molecule has 1 fully saturated rings. The van der Waals surface area contributed by atoms with Crippen LogP contribution >= 0.6 is 0 Å². The molecule has 1 aromatic heterocycles. The molecule has 2 unspecified atom stereocenters. The standard InChI is InChI=1S/C27H39N3O/c1-6-28-24(27(3,4)5)17-19(2)13-14-25(31)30-22-11-7-10-21(18-22)26-23-12-8-9-20(23)15-16-29-26/h8,12,15-17,21-22H,6-7,9-11,13-14,18H2,1-5H3,(H,30,31)/b19-17+,28-24?. The van der Waals surface area contributed by atoms with E-state index in [0.29, 0.717) is 12.3 Å². The van der Waals surface area contributed by atoms with Gasteiger partial charge in [0.25, 0.3) is 0 Å². The number of hydrogen-bond acceptors (Lipinski definition) is 3. The van der Waals surface area contributed by atoms with Crippen LogP contribution in [0.4, 0.5) is 0 Å². The minimum atomic E-state index is 0.0253. The van der Waals surface area contributed by atoms with Gasteiger partial charge in [-0.3, -0.25) is 14.8 Å². The van der Waals surface area contributed by atoms with E-state index in [9.17, 15) is 4.79 Å². The molecule has 0 aliphatic heterocycles. The van der Waals surface area contributed by atoms with E-state index >= 15 is 0 Å². The molecule has 0 aromatic carbocycles. The fourth-order valence-corrected chi connectivity index (χ4v) is 4.69. The van der Waals surface area contributed by atoms with Crippen molar-refractivity contribution in [3.05, 3.63) is 46.8 Å². The highest BCUT2D eigenvalue weighted by molar-refractivity contribution is 5.99. The molecule has 2 atom stereocenters. The van der Waals surface area contributed by atoms with Gasteiger partial charge in [0.1, 0.15) is 0 Å². The summed E-state index contributed by atoms with van der Waals surface area (Å²) < 4.78 is 0. The number of rotatable bonds is 7. The largest absolute Gasteiger partial charge is 0.353 e. The molecule has 1 saturated carbocycles. The predicted octanol–water partition coefficient (Wildman–Crippen LogP) is 6.03. The van der Waals surface area contributed by atoms with Crippen LogP contribution < -0.4 is 5.32 Å². The van der Waals surface area contributed by atoms with E-state index in [2.05, 4.69) is 69.2 Å². The average Bonchev–Trinajstić information content (AvgIpc) is 3.20. The summed E-state index contributed by atoms with van der Waals surface area (Å²) in [7, 11) is 0. The Kier molecular flexibility index (Phi) is 7.85. The van der Waals surface area contributed by atoms with Crippen LogP contribution in [0.1, 0.15) is 95.9 Å². The molecular weight excluding hydrogens is 382 g/mol. The number of hydrogen-bond donors (Lipinski definition) is 1. The van der Waals surface area contributed by atoms with Gasteiger partial charge in [0.05, 0.1) is 5.69 Å². The van der Waals surface area contributed by atoms with Crippen LogP contribution in [0.3, 0.4) is 0 Å². The lowest BCUT2D eigenvalue weighted by Gasteiger charge is -2.30. The number of nitrogens with zero attached hydrogens (tertiary/aromatic N) is 2. The molecule has 0 bridgehead atoms. The van der Waals surface area contributed by atoms with E-state index in [4.69, 9.17) is 4.98 Å². The van der Waals surface area contributed by atoms with Crippen LogP contribution in [0.15, 0.2) is 35.0 Å². The first-order chi connectivity index (χ1) is 14.8. The fraction of sp³-hybridized carbons (Fsp3) is 0.593. The van der Waals surface area contributed by atoms with Gasteiger partial charge in [0.15, 0.2) is 0 Å². The summed E-state index contributed by atoms with van der Waals surface area (Å²) in [5.74, 6) is 0.604. The van der Waals surface area contributed by atoms with E-state index in [-0.39, 0.29) is 17.4 Å². The van der Waals surface area contributed by atoms with Gasteiger partial charge < -0.3 is 5.32 Å². The molecule has 3 rings (SSSR count). The fourth-order valence-electron chi connectivity index (χ4n) is 4.69. The molecule has 168 valence electrons. The Balaban J connectivity index is 1.54. The molecule has 0 spiro atoms. The number of amides is 1. The molecule has 2 aliphatic rings. The Morgan fingerprint density at radius 1 is 1.29 bits per heavy atom. The quantitative estimate of drug-likeness (QED) is 0.547. The highest BCUT2D eigenvalue weighted by atomic mass is 16.1. The van der Waals surface area contributed by atoms with Gasteiger partial charge in [-0.05, 0) is 69.2 Å². The van der Waals surface area contributed by atoms with Crippen molar-refractivity contribution < 1.29 is 4.79 Å². The highest BCUT2D eigenvalue weighted by Crippen LogP contribution is 2.36. The molecule has 0 radical (unpaired) electrons. The third kappa shape index (κ3) is 6.38. The molecule has 1 aromatic rings. The van der Waals surface area contributed by atoms with Gasteiger partial charge >= 0.3 is 0 Å². The van der Waals surface area contributed by atoms with Crippen LogP contribution in [0, 0.1) is 5.41 Å². The lowest BCUT2D eigenvalue weighted by atomic mass is 9.81. The Labute approximate surface area is 188 Å². The average molecular weight is 422 g/mol. The molecule has 31 heavy (non-hydrogen) atoms. The Morgan fingerprint density at radius 2 is 2.10 bits per heavy atom. The third-order valence-electron chi connectivity index (χ3n) is 6.39. The SMILES string of the molecule is CCN=C(/C=C(\C)CCC(=O)NC1CCCC(c2nccc3c2C=CC3)C1)C(C)(C)C. The second-order valence-corrected chi connectivity index (χ2v) is 10.1. The monoisotopic (exact) mass is 421 g/mol. The molecule has 1 heterocycles. The molecule has 0 saturated heterocycles. The van der Waals surface area contributed by atoms with Crippen molar-refractivity contribution in [2.75, 3.05) is 6.54 Å². The highest BCUT2D eigenvalue weighted by Gasteiger charge is 2.27. The van der Waals surface area contributed by atoms with Crippen molar-refractivity contribution in [1.82, 2.24) is 10.3 Å². The number of allylic oxidation sites excluding steroid dienone is 3. The molecule has 2 aliphatic carbocycles. The van der Waals surface area contributed by atoms with Gasteiger partial charge in [0, 0.05) is 42.2 Å². The molecule has 1 amide bonds. The van der Waals surface area contributed by atoms with E-state index < -0.39 is 0 Å². The first-order valence-electron chi connectivity index (χ1n) is 11.9. The van der Waals surface area contributed by atoms with Gasteiger partial charge in [-0.1, -0.05) is 44.9 Å². The summed E-state index contributed by atoms with van der Waals surface area (Å²) in [5, 5.41) is 3.31. The van der Waals surface area contributed by atoms with Crippen LogP contribution in [0.25, 0.3) is 6.08 Å². The summed E-state index contributed by atoms with van der Waals surface area (Å²) in [6.45, 7) is 11.5. The number of carbonyl (C=O) groups is 1. The summed E-state index contributed by atoms with van der Waals surface area (Å²) in [6.07, 6.45) is 15.3. The van der Waals surface area contributed by atoms with Crippen molar-refractivity contribution in [2.24, 2.45) is 10.4 Å². The van der Waals surface area contributed by atoms with Crippen LogP contribution in [-0.2, 0) is 11.2 Å². The first-order valence-corrected chi connectivity index (χ1v) is 11.9. The second-order valence-electron chi connectivity index (χ2n) is 10.1. The Hall–Kier alpha value is -2.23. The summed E-state index contributed by atoms with van der Waals surface area (Å²) in [6, 6.07) is 2.39. The van der Waals surface area contributed by atoms with Crippen molar-refractivity contribution in [3.63, 3.8) is 0 Å². The smallest absolute Gasteiger partial charge is 0.220 e. The maximum atomic E-state index is 12.7. The van der Waals surface area contributed by atoms with Crippen LogP contribution in [0.5, 0.6) is 0 Å². The number of aliphatic imine (C=N–C) groups is 1. The van der Waals surface area contributed by atoms with E-state index in [1.807, 2.05) is 6.20 Å². The summed E-state index contributed by atoms with van der Waals surface area (Å²) >= 11 is 0. The van der Waals surface area contributed by atoms with E-state index in [1.165, 1.54) is 22.4 Å². The summed E-state index contributed by atoms with van der Waals surface area (Å²) in [4.78, 5) is 22.0. The normalized spacial score (nSPS) is 21.8. The Bertz CT molecular complexity index is 873. The number of aromatic nitrogens is 1. The van der Waals surface area contributed by atoms with Crippen LogP contribution in [-0.4, -0.2) is 29.2 Å². The maximum Gasteiger partial charge on any atom is 0.220 e. The van der Waals surface area contributed by atoms with Gasteiger partial charge in [0.2, 0.25) is 5.91 Å². The number of fused-ring (bicyclic) bond motifs is 1. The van der Waals surface area contributed by atoms with Crippen molar-refractivity contribution in [1.29, 1.82) is 0 Å². The third-order valence-corrected chi connectivity index (χ3v) is 6.39. The molecule has 4 heteroatoms. The zero-order valence-corrected chi connectivity index (χ0v) is 20.0. The molecule has 4 nitrogen and oxygen atoms in total. The van der Waals surface area contributed by atoms with E-state index in [1.54, 1.807) is 0 Å². The lowest BCUT2D eigenvalue weighted by Crippen LogP contribution is -2.38. The van der Waals surface area contributed by atoms with Gasteiger partial charge in [-0.15, -0.1) is 0 Å². The Morgan fingerprint density at radius 3 is 2.84 bits per heavy atom.